The number of hydrogen-bond acceptors (Lipinski definition) is 8. The van der Waals surface area contributed by atoms with Crippen LogP contribution in [0.3, 0.4) is 0 Å². The van der Waals surface area contributed by atoms with Crippen LogP contribution >= 0.6 is 11.3 Å². The summed E-state index contributed by atoms with van der Waals surface area (Å²) in [6.07, 6.45) is 3.09. The minimum atomic E-state index is -0.388. The Morgan fingerprint density at radius 1 is 1.06 bits per heavy atom. The molecule has 0 radical (unpaired) electrons. The number of anilines is 4. The molecule has 0 atom stereocenters. The lowest BCUT2D eigenvalue weighted by molar-refractivity contribution is -0.111. The molecule has 0 spiro atoms. The summed E-state index contributed by atoms with van der Waals surface area (Å²) in [7, 11) is 0. The van der Waals surface area contributed by atoms with E-state index in [1.165, 1.54) is 11.3 Å². The zero-order valence-corrected chi connectivity index (χ0v) is 20.6. The Hall–Kier alpha value is -4.00. The summed E-state index contributed by atoms with van der Waals surface area (Å²) in [6.45, 7) is 2.01. The third-order valence-electron chi connectivity index (χ3n) is 5.98. The normalized spacial score (nSPS) is 17.2. The van der Waals surface area contributed by atoms with Crippen LogP contribution < -0.4 is 16.0 Å². The topological polar surface area (TPSA) is 112 Å². The number of nitrogens with one attached hydrogen (secondary N) is 3. The molecule has 36 heavy (non-hydrogen) atoms. The standard InChI is InChI=1S/C27H26N6O2S/c1-17-5-7-18(8-6-17)9-14-23(35)29-20-3-2-4-21(15-20)30-25-24-26(36-16-28-24)33-27(32-25)31-19-10-12-22(34)13-11-19/h2-8,15-16,19,22,34H,10-13H2,1H3,(H,29,35)(H2,30,31,32,33). The van der Waals surface area contributed by atoms with E-state index in [1.807, 2.05) is 49.4 Å². The fourth-order valence-electron chi connectivity index (χ4n) is 4.06. The third kappa shape index (κ3) is 5.97. The summed E-state index contributed by atoms with van der Waals surface area (Å²) in [5, 5.41) is 19.3. The number of benzene rings is 2. The average Bonchev–Trinajstić information content (AvgIpc) is 3.34. The van der Waals surface area contributed by atoms with Crippen LogP contribution in [0, 0.1) is 18.8 Å². The van der Waals surface area contributed by atoms with Gasteiger partial charge in [-0.2, -0.15) is 4.98 Å². The molecule has 1 amide bonds. The van der Waals surface area contributed by atoms with Crippen molar-refractivity contribution in [3.63, 3.8) is 0 Å². The van der Waals surface area contributed by atoms with E-state index in [0.717, 1.165) is 47.3 Å². The molecule has 5 rings (SSSR count). The molecule has 4 aromatic rings. The van der Waals surface area contributed by atoms with Crippen molar-refractivity contribution in [3.8, 4) is 11.8 Å². The molecule has 8 nitrogen and oxygen atoms in total. The third-order valence-corrected chi connectivity index (χ3v) is 6.70. The molecule has 9 heteroatoms. The molecule has 1 aliphatic rings. The van der Waals surface area contributed by atoms with Gasteiger partial charge in [-0.25, -0.2) is 9.97 Å². The van der Waals surface area contributed by atoms with E-state index >= 15 is 0 Å². The number of aliphatic hydroxyl groups excluding tert-OH is 1. The largest absolute Gasteiger partial charge is 0.393 e. The molecule has 0 saturated heterocycles. The minimum absolute atomic E-state index is 0.216. The van der Waals surface area contributed by atoms with Crippen molar-refractivity contribution in [1.82, 2.24) is 15.0 Å². The lowest BCUT2D eigenvalue weighted by Gasteiger charge is -2.26. The van der Waals surface area contributed by atoms with Gasteiger partial charge in [0.1, 0.15) is 5.52 Å². The molecular weight excluding hydrogens is 472 g/mol. The van der Waals surface area contributed by atoms with Gasteiger partial charge in [-0.1, -0.05) is 29.7 Å². The summed E-state index contributed by atoms with van der Waals surface area (Å²) < 4.78 is 0. The van der Waals surface area contributed by atoms with Crippen molar-refractivity contribution in [2.75, 3.05) is 16.0 Å². The number of aryl methyl sites for hydroxylation is 1. The summed E-state index contributed by atoms with van der Waals surface area (Å²) in [5.74, 6) is 6.25. The predicted molar refractivity (Wildman–Crippen MR) is 144 cm³/mol. The Kier molecular flexibility index (Phi) is 7.07. The second kappa shape index (κ2) is 10.7. The number of rotatable bonds is 5. The Balaban J connectivity index is 1.30. The maximum atomic E-state index is 12.4. The molecule has 2 aromatic heterocycles. The first-order valence-electron chi connectivity index (χ1n) is 11.8. The van der Waals surface area contributed by atoms with E-state index in [-0.39, 0.29) is 18.1 Å². The summed E-state index contributed by atoms with van der Waals surface area (Å²) in [6, 6.07) is 15.3. The fraction of sp³-hybridized carbons (Fsp3) is 0.259. The lowest BCUT2D eigenvalue weighted by atomic mass is 9.93. The maximum Gasteiger partial charge on any atom is 0.300 e. The second-order valence-corrected chi connectivity index (χ2v) is 9.66. The van der Waals surface area contributed by atoms with Crippen LogP contribution in [0.4, 0.5) is 23.1 Å². The molecule has 2 aromatic carbocycles. The number of carbonyl (C=O) groups excluding carboxylic acids is 1. The number of aromatic nitrogens is 3. The first-order chi connectivity index (χ1) is 17.5. The first-order valence-corrected chi connectivity index (χ1v) is 12.7. The SMILES string of the molecule is Cc1ccc(C#CC(=O)Nc2cccc(Nc3nc(NC4CCC(O)CC4)nc4scnc34)c2)cc1. The van der Waals surface area contributed by atoms with E-state index in [9.17, 15) is 9.90 Å². The highest BCUT2D eigenvalue weighted by Crippen LogP contribution is 2.29. The summed E-state index contributed by atoms with van der Waals surface area (Å²) in [4.78, 5) is 26.9. The van der Waals surface area contributed by atoms with Crippen LogP contribution in [-0.4, -0.2) is 38.1 Å². The second-order valence-electron chi connectivity index (χ2n) is 8.83. The molecule has 1 fully saturated rings. The molecule has 182 valence electrons. The zero-order chi connectivity index (χ0) is 24.9. The highest BCUT2D eigenvalue weighted by atomic mass is 32.1. The van der Waals surface area contributed by atoms with Gasteiger partial charge in [0, 0.05) is 28.9 Å². The Bertz CT molecular complexity index is 1430. The minimum Gasteiger partial charge on any atom is -0.393 e. The van der Waals surface area contributed by atoms with Crippen LogP contribution in [0.25, 0.3) is 10.3 Å². The number of aliphatic hydroxyl groups is 1. The van der Waals surface area contributed by atoms with Gasteiger partial charge in [0.15, 0.2) is 10.6 Å². The van der Waals surface area contributed by atoms with E-state index in [2.05, 4.69) is 42.7 Å². The van der Waals surface area contributed by atoms with Gasteiger partial charge >= 0.3 is 5.91 Å². The fourth-order valence-corrected chi connectivity index (χ4v) is 4.71. The highest BCUT2D eigenvalue weighted by molar-refractivity contribution is 7.16. The van der Waals surface area contributed by atoms with Crippen molar-refractivity contribution < 1.29 is 9.90 Å². The molecule has 0 unspecified atom stereocenters. The predicted octanol–water partition coefficient (Wildman–Crippen LogP) is 4.84. The first kappa shape index (κ1) is 23.7. The van der Waals surface area contributed by atoms with Gasteiger partial charge in [-0.05, 0) is 62.9 Å². The van der Waals surface area contributed by atoms with E-state index < -0.39 is 0 Å². The van der Waals surface area contributed by atoms with Crippen LogP contribution in [0.15, 0.2) is 54.0 Å². The van der Waals surface area contributed by atoms with Crippen LogP contribution in [0.5, 0.6) is 0 Å². The van der Waals surface area contributed by atoms with Crippen LogP contribution in [0.1, 0.15) is 36.8 Å². The van der Waals surface area contributed by atoms with Crippen molar-refractivity contribution in [3.05, 3.63) is 65.2 Å². The lowest BCUT2D eigenvalue weighted by Crippen LogP contribution is -2.29. The van der Waals surface area contributed by atoms with Gasteiger partial charge < -0.3 is 21.1 Å². The smallest absolute Gasteiger partial charge is 0.300 e. The molecular formula is C27H26N6O2S. The van der Waals surface area contributed by atoms with E-state index in [4.69, 9.17) is 0 Å². The van der Waals surface area contributed by atoms with Crippen LogP contribution in [-0.2, 0) is 4.79 Å². The summed E-state index contributed by atoms with van der Waals surface area (Å²) in [5.41, 5.74) is 5.72. The van der Waals surface area contributed by atoms with Crippen molar-refractivity contribution in [2.24, 2.45) is 0 Å². The number of nitrogens with zero attached hydrogens (tertiary/aromatic N) is 3. The molecule has 4 N–H and O–H groups in total. The monoisotopic (exact) mass is 498 g/mol. The molecule has 1 aliphatic carbocycles. The Morgan fingerprint density at radius 2 is 1.83 bits per heavy atom. The number of thiazole rings is 1. The molecule has 1 saturated carbocycles. The van der Waals surface area contributed by atoms with Gasteiger partial charge in [-0.3, -0.25) is 4.79 Å². The average molecular weight is 499 g/mol. The highest BCUT2D eigenvalue weighted by Gasteiger charge is 2.21. The number of fused-ring (bicyclic) bond motifs is 1. The Labute approximate surface area is 213 Å². The number of carbonyl (C=O) groups is 1. The molecule has 2 heterocycles. The zero-order valence-electron chi connectivity index (χ0n) is 19.8. The molecule has 0 aliphatic heterocycles. The van der Waals surface area contributed by atoms with Crippen LogP contribution in [0.2, 0.25) is 0 Å². The van der Waals surface area contributed by atoms with E-state index in [1.54, 1.807) is 11.6 Å². The maximum absolute atomic E-state index is 12.4. The number of amides is 1. The quantitative estimate of drug-likeness (QED) is 0.291. The van der Waals surface area contributed by atoms with Gasteiger partial charge in [0.2, 0.25) is 5.95 Å². The van der Waals surface area contributed by atoms with Gasteiger partial charge in [0.05, 0.1) is 11.6 Å². The molecule has 0 bridgehead atoms. The van der Waals surface area contributed by atoms with Crippen molar-refractivity contribution in [2.45, 2.75) is 44.8 Å². The van der Waals surface area contributed by atoms with E-state index in [0.29, 0.717) is 23.0 Å². The number of hydrogen-bond donors (Lipinski definition) is 4. The van der Waals surface area contributed by atoms with Crippen molar-refractivity contribution in [1.29, 1.82) is 0 Å². The van der Waals surface area contributed by atoms with Crippen molar-refractivity contribution >= 4 is 50.7 Å². The summed E-state index contributed by atoms with van der Waals surface area (Å²) >= 11 is 1.45. The van der Waals surface area contributed by atoms with Gasteiger partial charge in [0.25, 0.3) is 0 Å². The van der Waals surface area contributed by atoms with Gasteiger partial charge in [-0.15, -0.1) is 11.3 Å². The Morgan fingerprint density at radius 3 is 2.64 bits per heavy atom.